The normalized spacial score (nSPS) is 17.9. The number of sulfonamides is 1. The number of benzene rings is 1. The second-order valence-corrected chi connectivity index (χ2v) is 7.57. The van der Waals surface area contributed by atoms with Crippen LogP contribution in [0.15, 0.2) is 30.3 Å². The van der Waals surface area contributed by atoms with Gasteiger partial charge in [0.05, 0.1) is 12.3 Å². The SMILES string of the molecule is O=S(O)N(Cc1ccccc1)NS(=O)(=O)CC1CCC1. The highest BCUT2D eigenvalue weighted by Crippen LogP contribution is 2.27. The molecule has 8 heteroatoms. The number of rotatable bonds is 7. The van der Waals surface area contributed by atoms with Crippen LogP contribution in [0.1, 0.15) is 24.8 Å². The van der Waals surface area contributed by atoms with Gasteiger partial charge in [-0.2, -0.15) is 0 Å². The van der Waals surface area contributed by atoms with E-state index in [0.717, 1.165) is 29.2 Å². The number of hydrogen-bond donors (Lipinski definition) is 2. The van der Waals surface area contributed by atoms with Gasteiger partial charge in [0.25, 0.3) is 0 Å². The van der Waals surface area contributed by atoms with Crippen molar-refractivity contribution in [2.75, 3.05) is 5.75 Å². The van der Waals surface area contributed by atoms with Crippen molar-refractivity contribution in [1.29, 1.82) is 0 Å². The summed E-state index contributed by atoms with van der Waals surface area (Å²) in [6, 6.07) is 8.93. The Bertz CT molecular complexity index is 558. The maximum Gasteiger partial charge on any atom is 0.249 e. The average molecular weight is 318 g/mol. The fourth-order valence-electron chi connectivity index (χ4n) is 2.03. The number of nitrogens with one attached hydrogen (secondary N) is 1. The molecule has 1 aliphatic carbocycles. The fourth-order valence-corrected chi connectivity index (χ4v) is 4.29. The first-order valence-electron chi connectivity index (χ1n) is 6.39. The minimum Gasteiger partial charge on any atom is -0.293 e. The summed E-state index contributed by atoms with van der Waals surface area (Å²) >= 11 is -2.41. The van der Waals surface area contributed by atoms with Gasteiger partial charge in [-0.15, -0.1) is 9.25 Å². The summed E-state index contributed by atoms with van der Waals surface area (Å²) in [7, 11) is -3.58. The second-order valence-electron chi connectivity index (χ2n) is 4.92. The van der Waals surface area contributed by atoms with Crippen molar-refractivity contribution < 1.29 is 17.2 Å². The van der Waals surface area contributed by atoms with Crippen LogP contribution in [-0.4, -0.2) is 27.3 Å². The topological polar surface area (TPSA) is 86.7 Å². The molecule has 0 heterocycles. The molecular weight excluding hydrogens is 300 g/mol. The van der Waals surface area contributed by atoms with Crippen molar-refractivity contribution in [2.24, 2.45) is 5.92 Å². The number of hydrogen-bond acceptors (Lipinski definition) is 3. The van der Waals surface area contributed by atoms with E-state index in [4.69, 9.17) is 0 Å². The quantitative estimate of drug-likeness (QED) is 0.585. The third kappa shape index (κ3) is 4.64. The summed E-state index contributed by atoms with van der Waals surface area (Å²) in [5.41, 5.74) is 0.751. The number of nitrogens with zero attached hydrogens (tertiary/aromatic N) is 1. The Morgan fingerprint density at radius 1 is 1.30 bits per heavy atom. The van der Waals surface area contributed by atoms with Crippen LogP contribution in [0.25, 0.3) is 0 Å². The molecule has 2 N–H and O–H groups in total. The van der Waals surface area contributed by atoms with Gasteiger partial charge in [-0.3, -0.25) is 4.55 Å². The molecule has 0 radical (unpaired) electrons. The summed E-state index contributed by atoms with van der Waals surface area (Å²) in [6.07, 6.45) is 2.86. The van der Waals surface area contributed by atoms with E-state index < -0.39 is 21.3 Å². The molecule has 0 spiro atoms. The van der Waals surface area contributed by atoms with Crippen LogP contribution < -0.4 is 4.83 Å². The van der Waals surface area contributed by atoms with E-state index in [-0.39, 0.29) is 18.2 Å². The van der Waals surface area contributed by atoms with E-state index >= 15 is 0 Å². The minimum absolute atomic E-state index is 0.00941. The lowest BCUT2D eigenvalue weighted by atomic mass is 9.87. The van der Waals surface area contributed by atoms with Crippen LogP contribution in [0.2, 0.25) is 0 Å². The summed E-state index contributed by atoms with van der Waals surface area (Å²) < 4.78 is 45.2. The van der Waals surface area contributed by atoms with Crippen molar-refractivity contribution in [3.63, 3.8) is 0 Å². The van der Waals surface area contributed by atoms with Crippen LogP contribution in [0.5, 0.6) is 0 Å². The predicted octanol–water partition coefficient (Wildman–Crippen LogP) is 1.26. The minimum atomic E-state index is -3.58. The Hall–Kier alpha value is -0.800. The van der Waals surface area contributed by atoms with Gasteiger partial charge in [0.1, 0.15) is 0 Å². The van der Waals surface area contributed by atoms with Crippen LogP contribution in [0, 0.1) is 5.92 Å². The Labute approximate surface area is 121 Å². The largest absolute Gasteiger partial charge is 0.293 e. The molecule has 6 nitrogen and oxygen atoms in total. The molecule has 1 aromatic carbocycles. The van der Waals surface area contributed by atoms with Crippen molar-refractivity contribution in [2.45, 2.75) is 25.8 Å². The highest BCUT2D eigenvalue weighted by molar-refractivity contribution is 7.90. The second kappa shape index (κ2) is 6.77. The average Bonchev–Trinajstić information content (AvgIpc) is 2.34. The molecule has 0 saturated heterocycles. The van der Waals surface area contributed by atoms with Crippen molar-refractivity contribution in [3.8, 4) is 0 Å². The van der Waals surface area contributed by atoms with Gasteiger partial charge in [0.2, 0.25) is 21.3 Å². The molecular formula is C12H18N2O4S2. The molecule has 1 aromatic rings. The first-order valence-corrected chi connectivity index (χ1v) is 9.10. The van der Waals surface area contributed by atoms with Crippen molar-refractivity contribution in [3.05, 3.63) is 35.9 Å². The summed E-state index contributed by atoms with van der Waals surface area (Å²) in [5, 5.41) is 0. The zero-order valence-electron chi connectivity index (χ0n) is 10.9. The molecule has 0 aromatic heterocycles. The Morgan fingerprint density at radius 2 is 1.95 bits per heavy atom. The Kier molecular flexibility index (Phi) is 5.28. The predicted molar refractivity (Wildman–Crippen MR) is 77.0 cm³/mol. The monoisotopic (exact) mass is 318 g/mol. The zero-order chi connectivity index (χ0) is 14.6. The molecule has 1 fully saturated rings. The lowest BCUT2D eigenvalue weighted by Crippen LogP contribution is -2.45. The van der Waals surface area contributed by atoms with Crippen molar-refractivity contribution in [1.82, 2.24) is 9.25 Å². The molecule has 1 unspecified atom stereocenters. The third-order valence-corrected chi connectivity index (χ3v) is 5.40. The smallest absolute Gasteiger partial charge is 0.249 e. The van der Waals surface area contributed by atoms with Crippen molar-refractivity contribution >= 4 is 21.3 Å². The fraction of sp³-hybridized carbons (Fsp3) is 0.500. The molecule has 112 valence electrons. The van der Waals surface area contributed by atoms with Gasteiger partial charge in [-0.05, 0) is 24.3 Å². The van der Waals surface area contributed by atoms with Gasteiger partial charge in [0, 0.05) is 0 Å². The van der Waals surface area contributed by atoms with Gasteiger partial charge >= 0.3 is 0 Å². The lowest BCUT2D eigenvalue weighted by Gasteiger charge is -2.26. The van der Waals surface area contributed by atoms with Gasteiger partial charge < -0.3 is 0 Å². The molecule has 0 amide bonds. The number of hydrazine groups is 1. The van der Waals surface area contributed by atoms with E-state index in [1.54, 1.807) is 24.3 Å². The zero-order valence-corrected chi connectivity index (χ0v) is 12.6. The van der Waals surface area contributed by atoms with Crippen LogP contribution >= 0.6 is 0 Å². The maximum atomic E-state index is 11.9. The molecule has 2 rings (SSSR count). The molecule has 20 heavy (non-hydrogen) atoms. The van der Waals surface area contributed by atoms with E-state index in [1.165, 1.54) is 0 Å². The maximum absolute atomic E-state index is 11.9. The van der Waals surface area contributed by atoms with E-state index in [2.05, 4.69) is 4.83 Å². The Balaban J connectivity index is 1.99. The Morgan fingerprint density at radius 3 is 2.45 bits per heavy atom. The van der Waals surface area contributed by atoms with Crippen LogP contribution in [0.3, 0.4) is 0 Å². The van der Waals surface area contributed by atoms with E-state index in [0.29, 0.717) is 0 Å². The van der Waals surface area contributed by atoms with Gasteiger partial charge in [0.15, 0.2) is 0 Å². The van der Waals surface area contributed by atoms with Gasteiger partial charge in [-0.1, -0.05) is 36.8 Å². The summed E-state index contributed by atoms with van der Waals surface area (Å²) in [5.74, 6) is 0.174. The van der Waals surface area contributed by atoms with Gasteiger partial charge in [-0.25, -0.2) is 12.6 Å². The molecule has 1 aliphatic rings. The van der Waals surface area contributed by atoms with E-state index in [9.17, 15) is 17.2 Å². The highest BCUT2D eigenvalue weighted by atomic mass is 32.2. The van der Waals surface area contributed by atoms with Crippen LogP contribution in [-0.2, 0) is 27.8 Å². The standard InChI is InChI=1S/C12H18N2O4S2/c15-19(16)14(9-11-5-2-1-3-6-11)13-20(17,18)10-12-7-4-8-12/h1-3,5-6,12-13H,4,7-10H2,(H,15,16). The molecule has 0 bridgehead atoms. The first kappa shape index (κ1) is 15.6. The van der Waals surface area contributed by atoms with E-state index in [1.807, 2.05) is 6.07 Å². The first-order chi connectivity index (χ1) is 9.46. The molecule has 1 saturated carbocycles. The van der Waals surface area contributed by atoms with Crippen LogP contribution in [0.4, 0.5) is 0 Å². The lowest BCUT2D eigenvalue weighted by molar-refractivity contribution is 0.332. The molecule has 1 atom stereocenters. The molecule has 0 aliphatic heterocycles. The highest BCUT2D eigenvalue weighted by Gasteiger charge is 2.27. The third-order valence-electron chi connectivity index (χ3n) is 3.28. The summed E-state index contributed by atoms with van der Waals surface area (Å²) in [6.45, 7) is 0.0356. The summed E-state index contributed by atoms with van der Waals surface area (Å²) in [4.78, 5) is 2.20.